The summed E-state index contributed by atoms with van der Waals surface area (Å²) in [5.41, 5.74) is 3.19. The molecule has 2 aliphatic rings. The van der Waals surface area contributed by atoms with Crippen LogP contribution in [0.25, 0.3) is 0 Å². The topological polar surface area (TPSA) is 144 Å². The Bertz CT molecular complexity index is 2140. The second-order valence-corrected chi connectivity index (χ2v) is 14.7. The van der Waals surface area contributed by atoms with Gasteiger partial charge in [0.2, 0.25) is 16.7 Å². The molecule has 0 spiro atoms. The summed E-state index contributed by atoms with van der Waals surface area (Å²) >= 11 is 8.68. The van der Waals surface area contributed by atoms with Gasteiger partial charge >= 0.3 is 5.97 Å². The Hall–Kier alpha value is -5.70. The number of esters is 1. The van der Waals surface area contributed by atoms with E-state index in [1.165, 1.54) is 16.7 Å². The van der Waals surface area contributed by atoms with Gasteiger partial charge in [-0.1, -0.05) is 108 Å². The zero-order valence-electron chi connectivity index (χ0n) is 30.4. The SMILES string of the molecule is CCO/N=C(\C(=O)N[C@@H]1C(=O)N2C(C(=O)OCc3ccc(OC)cc3)=C(CCl)CS[C@@H]12)c1nsc(NC(c2ccccc2)(c2ccccc2)c2ccccc2)n1. The van der Waals surface area contributed by atoms with Crippen molar-refractivity contribution in [2.24, 2.45) is 5.16 Å². The number of hydrogen-bond donors (Lipinski definition) is 2. The van der Waals surface area contributed by atoms with E-state index < -0.39 is 34.7 Å². The van der Waals surface area contributed by atoms with E-state index in [9.17, 15) is 14.4 Å². The lowest BCUT2D eigenvalue weighted by molar-refractivity contribution is -0.153. The van der Waals surface area contributed by atoms with E-state index in [0.717, 1.165) is 33.8 Å². The fraction of sp³-hybridized carbons (Fsp3) is 0.220. The van der Waals surface area contributed by atoms with Gasteiger partial charge in [-0.05, 0) is 46.9 Å². The average Bonchev–Trinajstić information content (AvgIpc) is 3.72. The van der Waals surface area contributed by atoms with E-state index in [1.807, 2.05) is 91.0 Å². The lowest BCUT2D eigenvalue weighted by Crippen LogP contribution is -2.71. The highest BCUT2D eigenvalue weighted by Crippen LogP contribution is 2.42. The Morgan fingerprint density at radius 2 is 1.54 bits per heavy atom. The average molecular weight is 809 g/mol. The number of halogens is 1. The number of benzene rings is 4. The van der Waals surface area contributed by atoms with E-state index in [4.69, 9.17) is 30.9 Å². The van der Waals surface area contributed by atoms with Gasteiger partial charge in [0.25, 0.3) is 11.8 Å². The molecule has 0 radical (unpaired) electrons. The summed E-state index contributed by atoms with van der Waals surface area (Å²) in [7, 11) is 1.57. The van der Waals surface area contributed by atoms with Gasteiger partial charge in [0, 0.05) is 23.2 Å². The van der Waals surface area contributed by atoms with Gasteiger partial charge < -0.3 is 24.9 Å². The molecule has 2 amide bonds. The molecule has 3 heterocycles. The number of carbonyl (C=O) groups is 3. The minimum Gasteiger partial charge on any atom is -0.497 e. The molecule has 0 bridgehead atoms. The fourth-order valence-corrected chi connectivity index (χ4v) is 8.85. The molecule has 286 valence electrons. The molecule has 4 aromatic carbocycles. The molecule has 15 heteroatoms. The number of ether oxygens (including phenoxy) is 2. The van der Waals surface area contributed by atoms with Gasteiger partial charge in [-0.15, -0.1) is 23.4 Å². The summed E-state index contributed by atoms with van der Waals surface area (Å²) in [5.74, 6) is -0.792. The Morgan fingerprint density at radius 1 is 0.929 bits per heavy atom. The van der Waals surface area contributed by atoms with Crippen LogP contribution >= 0.6 is 34.9 Å². The molecule has 2 atom stereocenters. The minimum absolute atomic E-state index is 0.0126. The molecule has 56 heavy (non-hydrogen) atoms. The van der Waals surface area contributed by atoms with Gasteiger partial charge in [0.05, 0.1) is 7.11 Å². The molecule has 7 rings (SSSR count). The number of fused-ring (bicyclic) bond motifs is 1. The number of methoxy groups -OCH3 is 1. The second kappa shape index (κ2) is 17.4. The fourth-order valence-electron chi connectivity index (χ4n) is 6.55. The molecule has 2 N–H and O–H groups in total. The van der Waals surface area contributed by atoms with Gasteiger partial charge in [-0.2, -0.15) is 9.36 Å². The van der Waals surface area contributed by atoms with Gasteiger partial charge in [0.15, 0.2) is 0 Å². The maximum absolute atomic E-state index is 13.9. The summed E-state index contributed by atoms with van der Waals surface area (Å²) in [5, 5.41) is 10.4. The summed E-state index contributed by atoms with van der Waals surface area (Å²) in [6, 6.07) is 36.2. The third-order valence-electron chi connectivity index (χ3n) is 9.27. The Labute approximate surface area is 337 Å². The van der Waals surface area contributed by atoms with E-state index >= 15 is 0 Å². The molecule has 2 aliphatic heterocycles. The third-order valence-corrected chi connectivity index (χ3v) is 11.6. The first-order chi connectivity index (χ1) is 27.4. The van der Waals surface area contributed by atoms with Crippen LogP contribution in [-0.2, 0) is 36.1 Å². The number of anilines is 1. The summed E-state index contributed by atoms with van der Waals surface area (Å²) < 4.78 is 15.3. The highest BCUT2D eigenvalue weighted by atomic mass is 35.5. The zero-order chi connectivity index (χ0) is 39.1. The molecular weight excluding hydrogens is 772 g/mol. The molecule has 1 saturated heterocycles. The van der Waals surface area contributed by atoms with Crippen molar-refractivity contribution in [1.29, 1.82) is 0 Å². The molecular formula is C41H37ClN6O6S2. The number of β-lactam (4-membered cyclic amide) rings is 1. The molecule has 5 aromatic rings. The minimum atomic E-state index is -0.973. The molecule has 0 saturated carbocycles. The van der Waals surface area contributed by atoms with Crippen LogP contribution in [0.15, 0.2) is 132 Å². The van der Waals surface area contributed by atoms with Crippen molar-refractivity contribution < 1.29 is 28.7 Å². The van der Waals surface area contributed by atoms with Crippen LogP contribution in [0.2, 0.25) is 0 Å². The maximum atomic E-state index is 13.9. The largest absolute Gasteiger partial charge is 0.497 e. The van der Waals surface area contributed by atoms with Gasteiger partial charge in [-0.3, -0.25) is 14.5 Å². The third kappa shape index (κ3) is 7.72. The van der Waals surface area contributed by atoms with Crippen molar-refractivity contribution >= 4 is 63.5 Å². The number of alkyl halides is 1. The maximum Gasteiger partial charge on any atom is 0.355 e. The number of nitrogens with zero attached hydrogens (tertiary/aromatic N) is 4. The van der Waals surface area contributed by atoms with Crippen LogP contribution in [0.1, 0.15) is 35.0 Å². The number of oxime groups is 1. The number of thioether (sulfide) groups is 1. The Morgan fingerprint density at radius 3 is 2.09 bits per heavy atom. The standard InChI is InChI=1S/C41H37ClN6O6S2/c1-3-54-46-32(35-44-40(56-47-35)45-41(28-13-7-4-8-14-28,29-15-9-5-10-16-29)30-17-11-6-12-18-30)36(49)43-33-37(50)48-34(27(23-42)25-55-38(33)48)39(51)53-24-26-19-21-31(52-2)22-20-26/h4-22,33,38H,3,23-25H2,1-2H3,(H,43,49)(H,44,45,47)/b46-32-/t33-,38+/m1/s1. The van der Waals surface area contributed by atoms with Crippen LogP contribution in [0.4, 0.5) is 5.13 Å². The van der Waals surface area contributed by atoms with Crippen molar-refractivity contribution in [3.63, 3.8) is 0 Å². The summed E-state index contributed by atoms with van der Waals surface area (Å²) in [6.07, 6.45) is 0. The van der Waals surface area contributed by atoms with Gasteiger partial charge in [0.1, 0.15) is 41.6 Å². The van der Waals surface area contributed by atoms with E-state index in [-0.39, 0.29) is 36.3 Å². The van der Waals surface area contributed by atoms with E-state index in [2.05, 4.69) is 20.2 Å². The van der Waals surface area contributed by atoms with Crippen molar-refractivity contribution in [3.05, 3.63) is 155 Å². The smallest absolute Gasteiger partial charge is 0.355 e. The first-order valence-corrected chi connectivity index (χ1v) is 20.1. The number of rotatable bonds is 15. The van der Waals surface area contributed by atoms with Crippen molar-refractivity contribution in [2.75, 3.05) is 30.7 Å². The van der Waals surface area contributed by atoms with Crippen LogP contribution < -0.4 is 15.4 Å². The van der Waals surface area contributed by atoms with Crippen LogP contribution in [0.5, 0.6) is 5.75 Å². The lowest BCUT2D eigenvalue weighted by Gasteiger charge is -2.49. The highest BCUT2D eigenvalue weighted by molar-refractivity contribution is 8.00. The zero-order valence-corrected chi connectivity index (χ0v) is 32.8. The van der Waals surface area contributed by atoms with Crippen molar-refractivity contribution in [2.45, 2.75) is 30.5 Å². The lowest BCUT2D eigenvalue weighted by atomic mass is 9.77. The predicted octanol–water partition coefficient (Wildman–Crippen LogP) is 6.33. The highest BCUT2D eigenvalue weighted by Gasteiger charge is 2.54. The van der Waals surface area contributed by atoms with Gasteiger partial charge in [-0.25, -0.2) is 4.79 Å². The number of carbonyl (C=O) groups excluding carboxylic acids is 3. The number of hydrogen-bond acceptors (Lipinski definition) is 12. The van der Waals surface area contributed by atoms with Crippen LogP contribution in [-0.4, -0.2) is 74.5 Å². The second-order valence-electron chi connectivity index (χ2n) is 12.6. The quantitative estimate of drug-likeness (QED) is 0.0308. The normalized spacial score (nSPS) is 16.7. The molecule has 0 unspecified atom stereocenters. The molecule has 1 aromatic heterocycles. The van der Waals surface area contributed by atoms with Crippen molar-refractivity contribution in [1.82, 2.24) is 19.6 Å². The van der Waals surface area contributed by atoms with Crippen LogP contribution in [0, 0.1) is 0 Å². The van der Waals surface area contributed by atoms with Crippen molar-refractivity contribution in [3.8, 4) is 5.75 Å². The monoisotopic (exact) mass is 808 g/mol. The Balaban J connectivity index is 1.11. The number of nitrogens with one attached hydrogen (secondary N) is 2. The molecule has 1 fully saturated rings. The predicted molar refractivity (Wildman–Crippen MR) is 216 cm³/mol. The first kappa shape index (κ1) is 38.6. The molecule has 0 aliphatic carbocycles. The number of aromatic nitrogens is 2. The van der Waals surface area contributed by atoms with E-state index in [0.29, 0.717) is 22.2 Å². The van der Waals surface area contributed by atoms with E-state index in [1.54, 1.807) is 38.3 Å². The summed E-state index contributed by atoms with van der Waals surface area (Å²) in [4.78, 5) is 52.5. The first-order valence-electron chi connectivity index (χ1n) is 17.7. The van der Waals surface area contributed by atoms with Crippen LogP contribution in [0.3, 0.4) is 0 Å². The molecule has 12 nitrogen and oxygen atoms in total. The summed E-state index contributed by atoms with van der Waals surface area (Å²) in [6.45, 7) is 1.89. The number of amides is 2. The Kier molecular flexibility index (Phi) is 12.0.